The van der Waals surface area contributed by atoms with Crippen molar-refractivity contribution in [3.8, 4) is 11.5 Å². The zero-order chi connectivity index (χ0) is 28.5. The summed E-state index contributed by atoms with van der Waals surface area (Å²) in [7, 11) is 0. The maximum absolute atomic E-state index is 14.0. The van der Waals surface area contributed by atoms with Gasteiger partial charge in [-0.05, 0) is 64.3 Å². The highest BCUT2D eigenvalue weighted by Crippen LogP contribution is 2.32. The van der Waals surface area contributed by atoms with E-state index in [9.17, 15) is 24.6 Å². The van der Waals surface area contributed by atoms with E-state index in [1.165, 1.54) is 17.0 Å². The molecule has 0 fully saturated rings. The van der Waals surface area contributed by atoms with Gasteiger partial charge in [0.1, 0.15) is 29.2 Å². The summed E-state index contributed by atoms with van der Waals surface area (Å²) in [5.74, 6) is -0.923. The van der Waals surface area contributed by atoms with Crippen molar-refractivity contribution in [2.45, 2.75) is 78.5 Å². The topological polar surface area (TPSA) is 128 Å². The van der Waals surface area contributed by atoms with Crippen LogP contribution in [0.4, 0.5) is 4.79 Å². The Bertz CT molecular complexity index is 1090. The van der Waals surface area contributed by atoms with Gasteiger partial charge in [0.2, 0.25) is 11.8 Å². The predicted molar refractivity (Wildman–Crippen MR) is 146 cm³/mol. The first kappa shape index (κ1) is 30.5. The van der Waals surface area contributed by atoms with Crippen LogP contribution in [0.3, 0.4) is 0 Å². The molecule has 2 unspecified atom stereocenters. The van der Waals surface area contributed by atoms with E-state index < -0.39 is 35.6 Å². The maximum atomic E-state index is 14.0. The van der Waals surface area contributed by atoms with Crippen LogP contribution >= 0.6 is 0 Å². The van der Waals surface area contributed by atoms with E-state index >= 15 is 0 Å². The first-order chi connectivity index (χ1) is 17.9. The van der Waals surface area contributed by atoms with Crippen LogP contribution in [-0.4, -0.2) is 57.8 Å². The minimum atomic E-state index is -1.12. The zero-order valence-corrected chi connectivity index (χ0v) is 23.2. The number of carbonyl (C=O) groups is 3. The number of ether oxygens (including phenoxy) is 1. The highest BCUT2D eigenvalue weighted by Gasteiger charge is 2.37. The van der Waals surface area contributed by atoms with Gasteiger partial charge in [0, 0.05) is 25.1 Å². The average Bonchev–Trinajstić information content (AvgIpc) is 2.84. The van der Waals surface area contributed by atoms with E-state index in [2.05, 4.69) is 10.6 Å². The highest BCUT2D eigenvalue weighted by molar-refractivity contribution is 5.92. The Morgan fingerprint density at radius 3 is 2.26 bits per heavy atom. The third-order valence-corrected chi connectivity index (χ3v) is 5.94. The Hall–Kier alpha value is -3.75. The molecule has 0 bridgehead atoms. The maximum Gasteiger partial charge on any atom is 0.408 e. The summed E-state index contributed by atoms with van der Waals surface area (Å²) in [5.41, 5.74) is 0.783. The Morgan fingerprint density at radius 1 is 1.03 bits per heavy atom. The van der Waals surface area contributed by atoms with Gasteiger partial charge >= 0.3 is 6.09 Å². The number of amides is 3. The minimum Gasteiger partial charge on any atom is -0.508 e. The van der Waals surface area contributed by atoms with Crippen LogP contribution in [0.15, 0.2) is 42.5 Å². The second kappa shape index (κ2) is 13.7. The fourth-order valence-electron chi connectivity index (χ4n) is 4.02. The summed E-state index contributed by atoms with van der Waals surface area (Å²) in [6.07, 6.45) is 0.972. The number of aryl methyl sites for hydroxylation is 1. The number of carbonyl (C=O) groups excluding carboxylic acids is 3. The van der Waals surface area contributed by atoms with Crippen LogP contribution in [0.1, 0.15) is 70.2 Å². The summed E-state index contributed by atoms with van der Waals surface area (Å²) in [5, 5.41) is 26.1. The molecule has 2 aromatic rings. The number of phenolic OH excluding ortho intramolecular Hbond substituents is 2. The molecule has 0 spiro atoms. The SMILES string of the molecule is CCCCNC(=O)C(c1cccc(C)c1O)N(CC)C(=O)C(Cc1ccc(O)cc1)NC(=O)OC(C)(C)C. The monoisotopic (exact) mass is 527 g/mol. The smallest absolute Gasteiger partial charge is 0.408 e. The molecule has 0 heterocycles. The van der Waals surface area contributed by atoms with Crippen LogP contribution < -0.4 is 10.6 Å². The van der Waals surface area contributed by atoms with Gasteiger partial charge < -0.3 is 30.5 Å². The standard InChI is InChI=1S/C29H41N3O6/c1-7-9-17-30-26(35)24(22-12-10-11-19(3)25(22)34)32(8-2)27(36)23(31-28(37)38-29(4,5)6)18-20-13-15-21(33)16-14-20/h10-16,23-24,33-34H,7-9,17-18H2,1-6H3,(H,30,35)(H,31,37). The van der Waals surface area contributed by atoms with E-state index in [4.69, 9.17) is 4.74 Å². The van der Waals surface area contributed by atoms with Crippen LogP contribution in [-0.2, 0) is 20.7 Å². The van der Waals surface area contributed by atoms with E-state index in [0.29, 0.717) is 23.2 Å². The lowest BCUT2D eigenvalue weighted by atomic mass is 9.98. The summed E-state index contributed by atoms with van der Waals surface area (Å²) >= 11 is 0. The van der Waals surface area contributed by atoms with Crippen molar-refractivity contribution in [1.82, 2.24) is 15.5 Å². The molecular weight excluding hydrogens is 486 g/mol. The van der Waals surface area contributed by atoms with Crippen LogP contribution in [0.25, 0.3) is 0 Å². The normalized spacial score (nSPS) is 12.8. The van der Waals surface area contributed by atoms with Crippen molar-refractivity contribution in [3.05, 3.63) is 59.2 Å². The Labute approximate surface area is 225 Å². The molecule has 0 radical (unpaired) electrons. The number of nitrogens with one attached hydrogen (secondary N) is 2. The lowest BCUT2D eigenvalue weighted by molar-refractivity contribution is -0.142. The van der Waals surface area contributed by atoms with Crippen LogP contribution in [0, 0.1) is 6.92 Å². The van der Waals surface area contributed by atoms with Gasteiger partial charge in [-0.3, -0.25) is 9.59 Å². The Morgan fingerprint density at radius 2 is 1.68 bits per heavy atom. The van der Waals surface area contributed by atoms with Gasteiger partial charge in [-0.15, -0.1) is 0 Å². The molecule has 2 rings (SSSR count). The largest absolute Gasteiger partial charge is 0.508 e. The van der Waals surface area contributed by atoms with Gasteiger partial charge in [-0.1, -0.05) is 43.7 Å². The molecule has 0 aromatic heterocycles. The van der Waals surface area contributed by atoms with Gasteiger partial charge in [0.05, 0.1) is 0 Å². The summed E-state index contributed by atoms with van der Waals surface area (Å²) in [6.45, 7) is 11.2. The molecule has 9 nitrogen and oxygen atoms in total. The number of aromatic hydroxyl groups is 2. The molecule has 4 N–H and O–H groups in total. The second-order valence-corrected chi connectivity index (χ2v) is 10.3. The molecule has 0 aliphatic rings. The molecular formula is C29H41N3O6. The first-order valence-corrected chi connectivity index (χ1v) is 13.0. The van der Waals surface area contributed by atoms with Crippen molar-refractivity contribution in [1.29, 1.82) is 0 Å². The van der Waals surface area contributed by atoms with Gasteiger partial charge in [-0.25, -0.2) is 4.79 Å². The fourth-order valence-corrected chi connectivity index (χ4v) is 4.02. The molecule has 38 heavy (non-hydrogen) atoms. The third kappa shape index (κ3) is 8.68. The first-order valence-electron chi connectivity index (χ1n) is 13.0. The van der Waals surface area contributed by atoms with Crippen molar-refractivity contribution >= 4 is 17.9 Å². The quantitative estimate of drug-likeness (QED) is 0.322. The number of rotatable bonds is 11. The minimum absolute atomic E-state index is 0.0652. The molecule has 0 saturated heterocycles. The number of hydrogen-bond acceptors (Lipinski definition) is 6. The fraction of sp³-hybridized carbons (Fsp3) is 0.483. The van der Waals surface area contributed by atoms with Gasteiger partial charge in [0.25, 0.3) is 0 Å². The van der Waals surface area contributed by atoms with Gasteiger partial charge in [0.15, 0.2) is 0 Å². The number of alkyl carbamates (subject to hydrolysis) is 1. The molecule has 9 heteroatoms. The van der Waals surface area contributed by atoms with Crippen molar-refractivity contribution < 1.29 is 29.3 Å². The Kier molecular flexibility index (Phi) is 11.0. The van der Waals surface area contributed by atoms with E-state index in [-0.39, 0.29) is 24.5 Å². The molecule has 208 valence electrons. The van der Waals surface area contributed by atoms with Crippen LogP contribution in [0.5, 0.6) is 11.5 Å². The lowest BCUT2D eigenvalue weighted by Gasteiger charge is -2.34. The number of phenols is 2. The van der Waals surface area contributed by atoms with Crippen molar-refractivity contribution in [2.75, 3.05) is 13.1 Å². The molecule has 2 aromatic carbocycles. The van der Waals surface area contributed by atoms with E-state index in [1.54, 1.807) is 65.0 Å². The van der Waals surface area contributed by atoms with E-state index in [0.717, 1.165) is 12.8 Å². The summed E-state index contributed by atoms with van der Waals surface area (Å²) < 4.78 is 5.40. The number of para-hydroxylation sites is 1. The summed E-state index contributed by atoms with van der Waals surface area (Å²) in [4.78, 5) is 41.6. The van der Waals surface area contributed by atoms with Crippen LogP contribution in [0.2, 0.25) is 0 Å². The molecule has 0 aliphatic heterocycles. The molecule has 0 aliphatic carbocycles. The predicted octanol–water partition coefficient (Wildman–Crippen LogP) is 4.35. The van der Waals surface area contributed by atoms with Crippen molar-refractivity contribution in [2.24, 2.45) is 0 Å². The Balaban J connectivity index is 2.50. The van der Waals surface area contributed by atoms with Gasteiger partial charge in [-0.2, -0.15) is 0 Å². The number of nitrogens with zero attached hydrogens (tertiary/aromatic N) is 1. The number of likely N-dealkylation sites (N-methyl/N-ethyl adjacent to an activating group) is 1. The number of benzene rings is 2. The number of hydrogen-bond donors (Lipinski definition) is 4. The average molecular weight is 528 g/mol. The third-order valence-electron chi connectivity index (χ3n) is 5.94. The summed E-state index contributed by atoms with van der Waals surface area (Å²) in [6, 6.07) is 9.18. The van der Waals surface area contributed by atoms with E-state index in [1.807, 2.05) is 6.92 Å². The molecule has 0 saturated carbocycles. The van der Waals surface area contributed by atoms with Crippen molar-refractivity contribution in [3.63, 3.8) is 0 Å². The molecule has 2 atom stereocenters. The second-order valence-electron chi connectivity index (χ2n) is 10.3. The highest BCUT2D eigenvalue weighted by atomic mass is 16.6. The lowest BCUT2D eigenvalue weighted by Crippen LogP contribution is -2.53. The molecule has 3 amide bonds. The number of unbranched alkanes of at least 4 members (excludes halogenated alkanes) is 1. The zero-order valence-electron chi connectivity index (χ0n) is 23.2.